The number of oxazole rings is 1. The summed E-state index contributed by atoms with van der Waals surface area (Å²) < 4.78 is 5.10. The predicted octanol–water partition coefficient (Wildman–Crippen LogP) is 2.58. The van der Waals surface area contributed by atoms with Gasteiger partial charge in [0.1, 0.15) is 6.26 Å². The highest BCUT2D eigenvalue weighted by Gasteiger charge is 2.03. The molecule has 0 aliphatic heterocycles. The van der Waals surface area contributed by atoms with E-state index >= 15 is 0 Å². The first kappa shape index (κ1) is 8.13. The lowest BCUT2D eigenvalue weighted by Gasteiger charge is -1.98. The smallest absolute Gasteiger partial charge is 0.225 e. The summed E-state index contributed by atoms with van der Waals surface area (Å²) in [6.45, 7) is 0. The molecule has 0 amide bonds. The third kappa shape index (κ3) is 1.65. The Morgan fingerprint density at radius 3 is 2.77 bits per heavy atom. The molecule has 1 heterocycles. The van der Waals surface area contributed by atoms with E-state index in [0.717, 1.165) is 5.56 Å². The van der Waals surface area contributed by atoms with Gasteiger partial charge in [0, 0.05) is 16.3 Å². The van der Waals surface area contributed by atoms with E-state index < -0.39 is 0 Å². The van der Waals surface area contributed by atoms with Crippen LogP contribution in [0.2, 0.25) is 5.02 Å². The topological polar surface area (TPSA) is 52.0 Å². The number of nitrogens with zero attached hydrogens (tertiary/aromatic N) is 1. The standard InChI is InChI=1S/C9H7ClN2O/c10-7-3-6(4-8(11)5-7)9-12-1-2-13-9/h1-5H,11H2. The van der Waals surface area contributed by atoms with Gasteiger partial charge in [0.2, 0.25) is 5.89 Å². The number of hydrogen-bond donors (Lipinski definition) is 1. The average Bonchev–Trinajstić information content (AvgIpc) is 2.53. The minimum absolute atomic E-state index is 0.522. The zero-order chi connectivity index (χ0) is 9.26. The number of hydrogen-bond acceptors (Lipinski definition) is 3. The lowest BCUT2D eigenvalue weighted by molar-refractivity contribution is 0.574. The molecule has 3 nitrogen and oxygen atoms in total. The maximum absolute atomic E-state index is 5.82. The highest BCUT2D eigenvalue weighted by atomic mass is 35.5. The molecule has 0 bridgehead atoms. The van der Waals surface area contributed by atoms with Crippen LogP contribution in [-0.4, -0.2) is 4.98 Å². The van der Waals surface area contributed by atoms with Crippen LogP contribution < -0.4 is 5.73 Å². The Morgan fingerprint density at radius 2 is 2.15 bits per heavy atom. The van der Waals surface area contributed by atoms with Gasteiger partial charge in [0.05, 0.1) is 6.20 Å². The Kier molecular flexibility index (Phi) is 1.94. The molecule has 1 aromatic heterocycles. The number of benzene rings is 1. The third-order valence-corrected chi connectivity index (χ3v) is 1.82. The van der Waals surface area contributed by atoms with Gasteiger partial charge >= 0.3 is 0 Å². The SMILES string of the molecule is Nc1cc(Cl)cc(-c2ncco2)c1. The van der Waals surface area contributed by atoms with Gasteiger partial charge in [0.25, 0.3) is 0 Å². The van der Waals surface area contributed by atoms with Crippen molar-refractivity contribution in [2.75, 3.05) is 5.73 Å². The van der Waals surface area contributed by atoms with E-state index in [9.17, 15) is 0 Å². The first-order chi connectivity index (χ1) is 6.25. The zero-order valence-electron chi connectivity index (χ0n) is 6.70. The van der Waals surface area contributed by atoms with Gasteiger partial charge in [-0.15, -0.1) is 0 Å². The van der Waals surface area contributed by atoms with E-state index in [0.29, 0.717) is 16.6 Å². The Labute approximate surface area is 80.1 Å². The van der Waals surface area contributed by atoms with Crippen LogP contribution in [0.15, 0.2) is 35.1 Å². The van der Waals surface area contributed by atoms with Crippen molar-refractivity contribution in [1.29, 1.82) is 0 Å². The van der Waals surface area contributed by atoms with Crippen LogP contribution >= 0.6 is 11.6 Å². The van der Waals surface area contributed by atoms with Crippen molar-refractivity contribution in [2.45, 2.75) is 0 Å². The highest BCUT2D eigenvalue weighted by Crippen LogP contribution is 2.24. The van der Waals surface area contributed by atoms with Crippen molar-refractivity contribution in [1.82, 2.24) is 4.98 Å². The van der Waals surface area contributed by atoms with Crippen LogP contribution in [0.25, 0.3) is 11.5 Å². The molecule has 2 rings (SSSR count). The monoisotopic (exact) mass is 194 g/mol. The van der Waals surface area contributed by atoms with E-state index in [2.05, 4.69) is 4.98 Å². The number of anilines is 1. The summed E-state index contributed by atoms with van der Waals surface area (Å²) in [4.78, 5) is 3.99. The Morgan fingerprint density at radius 1 is 1.31 bits per heavy atom. The van der Waals surface area contributed by atoms with Crippen LogP contribution in [0.5, 0.6) is 0 Å². The molecular formula is C9H7ClN2O. The summed E-state index contributed by atoms with van der Waals surface area (Å²) in [6, 6.07) is 5.19. The summed E-state index contributed by atoms with van der Waals surface area (Å²) in [5.41, 5.74) is 7.00. The molecule has 0 fully saturated rings. The fourth-order valence-electron chi connectivity index (χ4n) is 1.10. The second-order valence-corrected chi connectivity index (χ2v) is 3.05. The maximum atomic E-state index is 5.82. The number of nitrogen functional groups attached to an aromatic ring is 1. The lowest BCUT2D eigenvalue weighted by atomic mass is 10.2. The van der Waals surface area contributed by atoms with E-state index in [1.54, 1.807) is 24.4 Å². The number of rotatable bonds is 1. The van der Waals surface area contributed by atoms with Gasteiger partial charge in [-0.05, 0) is 18.2 Å². The fourth-order valence-corrected chi connectivity index (χ4v) is 1.35. The van der Waals surface area contributed by atoms with E-state index in [1.165, 1.54) is 6.26 Å². The largest absolute Gasteiger partial charge is 0.445 e. The van der Waals surface area contributed by atoms with Crippen molar-refractivity contribution in [2.24, 2.45) is 0 Å². The average molecular weight is 195 g/mol. The third-order valence-electron chi connectivity index (χ3n) is 1.60. The molecule has 66 valence electrons. The van der Waals surface area contributed by atoms with Crippen molar-refractivity contribution in [3.05, 3.63) is 35.7 Å². The second kappa shape index (κ2) is 3.11. The summed E-state index contributed by atoms with van der Waals surface area (Å²) in [5.74, 6) is 0.522. The van der Waals surface area contributed by atoms with Gasteiger partial charge in [-0.25, -0.2) is 4.98 Å². The van der Waals surface area contributed by atoms with Crippen LogP contribution in [0.3, 0.4) is 0 Å². The quantitative estimate of drug-likeness (QED) is 0.710. The van der Waals surface area contributed by atoms with E-state index in [1.807, 2.05) is 0 Å². The summed E-state index contributed by atoms with van der Waals surface area (Å²) >= 11 is 5.82. The first-order valence-electron chi connectivity index (χ1n) is 3.71. The molecule has 1 aromatic carbocycles. The van der Waals surface area contributed by atoms with Gasteiger partial charge in [-0.3, -0.25) is 0 Å². The second-order valence-electron chi connectivity index (χ2n) is 2.61. The molecule has 0 aliphatic carbocycles. The summed E-state index contributed by atoms with van der Waals surface area (Å²) in [7, 11) is 0. The van der Waals surface area contributed by atoms with Crippen molar-refractivity contribution >= 4 is 17.3 Å². The zero-order valence-corrected chi connectivity index (χ0v) is 7.45. The molecule has 2 aromatic rings. The Hall–Kier alpha value is -1.48. The van der Waals surface area contributed by atoms with Gasteiger partial charge < -0.3 is 10.2 Å². The van der Waals surface area contributed by atoms with Gasteiger partial charge in [0.15, 0.2) is 0 Å². The Bertz CT molecular complexity index is 391. The lowest BCUT2D eigenvalue weighted by Crippen LogP contribution is -1.85. The van der Waals surface area contributed by atoms with E-state index in [4.69, 9.17) is 21.8 Å². The molecule has 0 aliphatic rings. The van der Waals surface area contributed by atoms with Crippen molar-refractivity contribution in [3.8, 4) is 11.5 Å². The molecule has 0 unspecified atom stereocenters. The molecule has 4 heteroatoms. The Balaban J connectivity index is 2.53. The molecular weight excluding hydrogens is 188 g/mol. The number of halogens is 1. The normalized spacial score (nSPS) is 10.2. The van der Waals surface area contributed by atoms with Gasteiger partial charge in [-0.2, -0.15) is 0 Å². The van der Waals surface area contributed by atoms with E-state index in [-0.39, 0.29) is 0 Å². The molecule has 13 heavy (non-hydrogen) atoms. The minimum Gasteiger partial charge on any atom is -0.445 e. The molecule has 2 N–H and O–H groups in total. The fraction of sp³-hybridized carbons (Fsp3) is 0. The number of nitrogens with two attached hydrogens (primary N) is 1. The van der Waals surface area contributed by atoms with Gasteiger partial charge in [-0.1, -0.05) is 11.6 Å². The minimum atomic E-state index is 0.522. The first-order valence-corrected chi connectivity index (χ1v) is 4.09. The molecule has 0 radical (unpaired) electrons. The predicted molar refractivity (Wildman–Crippen MR) is 51.4 cm³/mol. The maximum Gasteiger partial charge on any atom is 0.225 e. The van der Waals surface area contributed by atoms with Crippen molar-refractivity contribution in [3.63, 3.8) is 0 Å². The van der Waals surface area contributed by atoms with Crippen LogP contribution in [-0.2, 0) is 0 Å². The van der Waals surface area contributed by atoms with Crippen LogP contribution in [0.1, 0.15) is 0 Å². The summed E-state index contributed by atoms with van der Waals surface area (Å²) in [6.07, 6.45) is 3.08. The highest BCUT2D eigenvalue weighted by molar-refractivity contribution is 6.31. The summed E-state index contributed by atoms with van der Waals surface area (Å²) in [5, 5.41) is 0.577. The van der Waals surface area contributed by atoms with Crippen LogP contribution in [0.4, 0.5) is 5.69 Å². The molecule has 0 spiro atoms. The van der Waals surface area contributed by atoms with Crippen molar-refractivity contribution < 1.29 is 4.42 Å². The van der Waals surface area contributed by atoms with Crippen LogP contribution in [0, 0.1) is 0 Å². The number of aromatic nitrogens is 1. The molecule has 0 atom stereocenters. The molecule has 0 saturated carbocycles. The molecule has 0 saturated heterocycles.